The van der Waals surface area contributed by atoms with E-state index in [-0.39, 0.29) is 19.0 Å². The average molecular weight is 446 g/mol. The van der Waals surface area contributed by atoms with E-state index in [1.165, 1.54) is 0 Å². The Hall–Kier alpha value is -2.32. The minimum absolute atomic E-state index is 0. The number of fused-ring (bicyclic) bond motifs is 1. The standard InChI is InChI=1S/C23H30N4O3.ClH/c1-18-6-2-5-9-22(18)30-17-19(28)16-27-21-8-4-3-7-20(21)26(23(27)24)11-10-25-12-14-29-15-13-25;/h2-9,19,24,28H,10-17H2,1H3;1H/p-1. The lowest BCUT2D eigenvalue weighted by atomic mass is 10.2. The van der Waals surface area contributed by atoms with E-state index in [9.17, 15) is 5.11 Å². The molecule has 0 amide bonds. The van der Waals surface area contributed by atoms with Gasteiger partial charge in [-0.2, -0.15) is 0 Å². The third-order valence-electron chi connectivity index (χ3n) is 5.64. The van der Waals surface area contributed by atoms with Gasteiger partial charge in [-0.05, 0) is 30.7 Å². The second kappa shape index (κ2) is 10.8. The molecule has 168 valence electrons. The normalized spacial score (nSPS) is 15.5. The summed E-state index contributed by atoms with van der Waals surface area (Å²) < 4.78 is 15.1. The summed E-state index contributed by atoms with van der Waals surface area (Å²) in [5.74, 6) is 0.778. The maximum atomic E-state index is 10.6. The van der Waals surface area contributed by atoms with Crippen LogP contribution >= 0.6 is 0 Å². The van der Waals surface area contributed by atoms with Crippen LogP contribution in [0, 0.1) is 12.3 Å². The first-order valence-electron chi connectivity index (χ1n) is 10.5. The Bertz CT molecular complexity index is 1040. The molecule has 0 radical (unpaired) electrons. The molecule has 4 rings (SSSR count). The summed E-state index contributed by atoms with van der Waals surface area (Å²) in [5, 5.41) is 19.4. The number of nitrogens with zero attached hydrogens (tertiary/aromatic N) is 3. The molecule has 31 heavy (non-hydrogen) atoms. The Balaban J connectivity index is 0.00000272. The van der Waals surface area contributed by atoms with Crippen molar-refractivity contribution in [1.82, 2.24) is 14.0 Å². The van der Waals surface area contributed by atoms with E-state index >= 15 is 0 Å². The predicted octanol–water partition coefficient (Wildman–Crippen LogP) is -0.993. The molecule has 1 aromatic heterocycles. The van der Waals surface area contributed by atoms with Crippen molar-refractivity contribution >= 4 is 11.0 Å². The smallest absolute Gasteiger partial charge is 0.203 e. The quantitative estimate of drug-likeness (QED) is 0.467. The number of aromatic nitrogens is 2. The lowest BCUT2D eigenvalue weighted by Crippen LogP contribution is -3.00. The van der Waals surface area contributed by atoms with Gasteiger partial charge in [0.15, 0.2) is 0 Å². The van der Waals surface area contributed by atoms with Crippen molar-refractivity contribution in [2.75, 3.05) is 39.5 Å². The Morgan fingerprint density at radius 3 is 2.35 bits per heavy atom. The number of imidazole rings is 1. The topological polar surface area (TPSA) is 75.6 Å². The van der Waals surface area contributed by atoms with E-state index in [1.54, 1.807) is 0 Å². The average Bonchev–Trinajstić information content (AvgIpc) is 3.03. The van der Waals surface area contributed by atoms with E-state index in [4.69, 9.17) is 14.9 Å². The molecule has 1 fully saturated rings. The molecule has 1 atom stereocenters. The third-order valence-corrected chi connectivity index (χ3v) is 5.64. The summed E-state index contributed by atoms with van der Waals surface area (Å²) in [5.41, 5.74) is 3.42. The zero-order chi connectivity index (χ0) is 20.9. The van der Waals surface area contributed by atoms with Crippen LogP contribution in [0.4, 0.5) is 0 Å². The van der Waals surface area contributed by atoms with Gasteiger partial charge in [0.2, 0.25) is 5.62 Å². The number of para-hydroxylation sites is 3. The summed E-state index contributed by atoms with van der Waals surface area (Å²) in [7, 11) is 0. The number of morpholine rings is 1. The molecular weight excluding hydrogens is 416 g/mol. The van der Waals surface area contributed by atoms with Crippen LogP contribution in [0.1, 0.15) is 5.56 Å². The van der Waals surface area contributed by atoms with Gasteiger partial charge in [-0.25, -0.2) is 0 Å². The second-order valence-corrected chi connectivity index (χ2v) is 7.76. The van der Waals surface area contributed by atoms with Gasteiger partial charge < -0.3 is 36.1 Å². The van der Waals surface area contributed by atoms with Gasteiger partial charge in [0, 0.05) is 26.2 Å². The van der Waals surface area contributed by atoms with Crippen LogP contribution in [-0.4, -0.2) is 64.7 Å². The monoisotopic (exact) mass is 445 g/mol. The Labute approximate surface area is 188 Å². The lowest BCUT2D eigenvalue weighted by Gasteiger charge is -2.26. The van der Waals surface area contributed by atoms with Gasteiger partial charge in [-0.1, -0.05) is 30.3 Å². The van der Waals surface area contributed by atoms with Crippen LogP contribution in [0.2, 0.25) is 0 Å². The molecule has 0 aliphatic carbocycles. The van der Waals surface area contributed by atoms with Crippen molar-refractivity contribution in [1.29, 1.82) is 5.41 Å². The molecule has 1 saturated heterocycles. The molecule has 8 heteroatoms. The van der Waals surface area contributed by atoms with Crippen molar-refractivity contribution < 1.29 is 27.0 Å². The highest BCUT2D eigenvalue weighted by Crippen LogP contribution is 2.17. The van der Waals surface area contributed by atoms with E-state index in [1.807, 2.05) is 64.6 Å². The first-order valence-corrected chi connectivity index (χ1v) is 10.5. The van der Waals surface area contributed by atoms with E-state index < -0.39 is 6.10 Å². The molecule has 1 unspecified atom stereocenters. The second-order valence-electron chi connectivity index (χ2n) is 7.76. The van der Waals surface area contributed by atoms with Gasteiger partial charge in [-0.3, -0.25) is 10.3 Å². The van der Waals surface area contributed by atoms with E-state index in [2.05, 4.69) is 4.90 Å². The highest BCUT2D eigenvalue weighted by Gasteiger charge is 2.16. The minimum atomic E-state index is -0.711. The Kier molecular flexibility index (Phi) is 8.15. The van der Waals surface area contributed by atoms with Gasteiger partial charge in [0.1, 0.15) is 18.5 Å². The van der Waals surface area contributed by atoms with Crippen molar-refractivity contribution in [3.8, 4) is 5.75 Å². The number of aliphatic hydroxyl groups excluding tert-OH is 1. The van der Waals surface area contributed by atoms with Crippen molar-refractivity contribution in [3.63, 3.8) is 0 Å². The Morgan fingerprint density at radius 2 is 1.65 bits per heavy atom. The number of rotatable bonds is 8. The number of aliphatic hydroxyl groups is 1. The summed E-state index contributed by atoms with van der Waals surface area (Å²) in [4.78, 5) is 2.37. The highest BCUT2D eigenvalue weighted by molar-refractivity contribution is 5.75. The van der Waals surface area contributed by atoms with E-state index in [0.29, 0.717) is 12.2 Å². The predicted molar refractivity (Wildman–Crippen MR) is 116 cm³/mol. The van der Waals surface area contributed by atoms with Crippen molar-refractivity contribution in [2.24, 2.45) is 0 Å². The highest BCUT2D eigenvalue weighted by atomic mass is 35.5. The van der Waals surface area contributed by atoms with E-state index in [0.717, 1.165) is 61.7 Å². The summed E-state index contributed by atoms with van der Waals surface area (Å²) in [6, 6.07) is 15.8. The molecule has 2 heterocycles. The van der Waals surface area contributed by atoms with Crippen LogP contribution < -0.4 is 22.8 Å². The zero-order valence-corrected chi connectivity index (χ0v) is 18.6. The number of nitrogens with one attached hydrogen (secondary N) is 1. The van der Waals surface area contributed by atoms with Gasteiger partial charge in [0.25, 0.3) is 0 Å². The molecule has 2 N–H and O–H groups in total. The number of hydrogen-bond acceptors (Lipinski definition) is 5. The molecular formula is C23H30ClN4O3-. The van der Waals surface area contributed by atoms with Crippen LogP contribution in [0.15, 0.2) is 48.5 Å². The summed E-state index contributed by atoms with van der Waals surface area (Å²) in [6.07, 6.45) is -0.711. The summed E-state index contributed by atoms with van der Waals surface area (Å²) in [6.45, 7) is 7.51. The first-order chi connectivity index (χ1) is 14.6. The zero-order valence-electron chi connectivity index (χ0n) is 17.8. The van der Waals surface area contributed by atoms with Gasteiger partial charge >= 0.3 is 0 Å². The maximum absolute atomic E-state index is 10.6. The maximum Gasteiger partial charge on any atom is 0.203 e. The lowest BCUT2D eigenvalue weighted by molar-refractivity contribution is -0.00001000. The molecule has 0 bridgehead atoms. The molecule has 1 aliphatic rings. The van der Waals surface area contributed by atoms with Gasteiger partial charge in [-0.15, -0.1) is 0 Å². The van der Waals surface area contributed by atoms with Gasteiger partial charge in [0.05, 0.1) is 30.8 Å². The van der Waals surface area contributed by atoms with Crippen LogP contribution in [-0.2, 0) is 17.8 Å². The first kappa shape index (κ1) is 23.3. The molecule has 0 saturated carbocycles. The SMILES string of the molecule is Cc1ccccc1OCC(O)Cn1c(=N)n(CCN2CCOCC2)c2ccccc21.[Cl-]. The van der Waals surface area contributed by atoms with Crippen molar-refractivity contribution in [2.45, 2.75) is 26.1 Å². The fourth-order valence-corrected chi connectivity index (χ4v) is 3.94. The molecule has 7 nitrogen and oxygen atoms in total. The van der Waals surface area contributed by atoms with Crippen LogP contribution in [0.25, 0.3) is 11.0 Å². The third kappa shape index (κ3) is 5.49. The molecule has 1 aliphatic heterocycles. The fraction of sp³-hybridized carbons (Fsp3) is 0.435. The number of aryl methyl sites for hydroxylation is 1. The fourth-order valence-electron chi connectivity index (χ4n) is 3.94. The van der Waals surface area contributed by atoms with Crippen LogP contribution in [0.3, 0.4) is 0 Å². The number of hydrogen-bond donors (Lipinski definition) is 2. The largest absolute Gasteiger partial charge is 1.00 e. The number of benzene rings is 2. The summed E-state index contributed by atoms with van der Waals surface area (Å²) >= 11 is 0. The molecule has 3 aromatic rings. The van der Waals surface area contributed by atoms with Crippen molar-refractivity contribution in [3.05, 3.63) is 59.7 Å². The minimum Gasteiger partial charge on any atom is -1.00 e. The van der Waals surface area contributed by atoms with Crippen LogP contribution in [0.5, 0.6) is 5.75 Å². The Morgan fingerprint density at radius 1 is 1.00 bits per heavy atom. The number of halogens is 1. The number of ether oxygens (including phenoxy) is 2. The molecule has 2 aromatic carbocycles. The molecule has 0 spiro atoms.